The van der Waals surface area contributed by atoms with Gasteiger partial charge in [0.1, 0.15) is 46.4 Å². The van der Waals surface area contributed by atoms with Crippen molar-refractivity contribution in [3.8, 4) is 40.2 Å². The molecule has 4 aromatic carbocycles. The number of hydrogen-bond donors (Lipinski definition) is 6. The summed E-state index contributed by atoms with van der Waals surface area (Å²) < 4.78 is 6.42. The predicted molar refractivity (Wildman–Crippen MR) is 126 cm³/mol. The molecule has 0 bridgehead atoms. The zero-order valence-electron chi connectivity index (χ0n) is 18.3. The van der Waals surface area contributed by atoms with Crippen molar-refractivity contribution in [2.75, 3.05) is 0 Å². The van der Waals surface area contributed by atoms with Gasteiger partial charge in [-0.25, -0.2) is 0 Å². The number of benzene rings is 4. The lowest BCUT2D eigenvalue weighted by atomic mass is 9.73. The van der Waals surface area contributed by atoms with Crippen LogP contribution in [0.25, 0.3) is 0 Å². The van der Waals surface area contributed by atoms with Crippen molar-refractivity contribution < 1.29 is 35.4 Å². The number of fused-ring (bicyclic) bond motifs is 5. The Balaban J connectivity index is 1.66. The lowest BCUT2D eigenvalue weighted by Gasteiger charge is -2.39. The van der Waals surface area contributed by atoms with E-state index in [0.717, 1.165) is 11.1 Å². The highest BCUT2D eigenvalue weighted by Crippen LogP contribution is 2.65. The normalized spacial score (nSPS) is 22.1. The second-order valence-electron chi connectivity index (χ2n) is 9.13. The summed E-state index contributed by atoms with van der Waals surface area (Å²) in [7, 11) is 0. The third-order valence-electron chi connectivity index (χ3n) is 7.03. The SMILES string of the molecule is Oc1ccc([C@@H]2Oc3cc(O)ccc3[C@H]3[C@@H](c4cc(O)cc(O)c4)c4c(O)cc(O)cc4[C@H]32)cc1. The van der Waals surface area contributed by atoms with E-state index in [1.165, 1.54) is 18.2 Å². The summed E-state index contributed by atoms with van der Waals surface area (Å²) in [5, 5.41) is 61.9. The molecule has 0 aromatic heterocycles. The first kappa shape index (κ1) is 21.0. The monoisotopic (exact) mass is 470 g/mol. The molecule has 0 unspecified atom stereocenters. The molecule has 0 amide bonds. The second kappa shape index (κ2) is 7.50. The Hall–Kier alpha value is -4.52. The van der Waals surface area contributed by atoms with E-state index in [1.807, 2.05) is 0 Å². The van der Waals surface area contributed by atoms with Crippen molar-refractivity contribution in [2.24, 2.45) is 0 Å². The third kappa shape index (κ3) is 3.27. The number of phenols is 6. The van der Waals surface area contributed by atoms with Crippen LogP contribution in [0.5, 0.6) is 40.2 Å². The van der Waals surface area contributed by atoms with Gasteiger partial charge >= 0.3 is 0 Å². The van der Waals surface area contributed by atoms with Crippen LogP contribution in [0.1, 0.15) is 51.7 Å². The van der Waals surface area contributed by atoms with Crippen LogP contribution >= 0.6 is 0 Å². The molecule has 2 aliphatic rings. The first-order chi connectivity index (χ1) is 16.8. The van der Waals surface area contributed by atoms with Crippen LogP contribution in [0, 0.1) is 0 Å². The van der Waals surface area contributed by atoms with E-state index in [-0.39, 0.29) is 46.3 Å². The molecule has 4 aromatic rings. The standard InChI is InChI=1S/C28H22O7/c29-15-3-1-13(2-4-15)28-27-21-10-19(33)11-22(34)25(21)24(14-7-17(31)9-18(32)8-14)26(27)20-6-5-16(30)12-23(20)35-28/h1-12,24,26-34H/t24-,26-,27+,28-/m0/s1. The summed E-state index contributed by atoms with van der Waals surface area (Å²) in [5.74, 6) is -1.03. The molecule has 35 heavy (non-hydrogen) atoms. The fraction of sp³-hybridized carbons (Fsp3) is 0.143. The summed E-state index contributed by atoms with van der Waals surface area (Å²) in [4.78, 5) is 0. The van der Waals surface area contributed by atoms with Crippen LogP contribution in [-0.2, 0) is 0 Å². The molecule has 176 valence electrons. The van der Waals surface area contributed by atoms with Gasteiger partial charge in [-0.2, -0.15) is 0 Å². The van der Waals surface area contributed by atoms with Crippen molar-refractivity contribution in [1.29, 1.82) is 0 Å². The molecule has 1 aliphatic heterocycles. The van der Waals surface area contributed by atoms with Gasteiger partial charge in [-0.3, -0.25) is 0 Å². The van der Waals surface area contributed by atoms with E-state index in [4.69, 9.17) is 4.74 Å². The zero-order chi connectivity index (χ0) is 24.4. The molecule has 0 radical (unpaired) electrons. The molecule has 1 heterocycles. The molecular formula is C28H22O7. The van der Waals surface area contributed by atoms with Crippen molar-refractivity contribution in [2.45, 2.75) is 23.9 Å². The summed E-state index contributed by atoms with van der Waals surface area (Å²) in [5.41, 5.74) is 3.38. The molecule has 6 N–H and O–H groups in total. The van der Waals surface area contributed by atoms with Gasteiger partial charge in [-0.05, 0) is 58.7 Å². The molecule has 6 rings (SSSR count). The van der Waals surface area contributed by atoms with Gasteiger partial charge in [0.15, 0.2) is 0 Å². The summed E-state index contributed by atoms with van der Waals surface area (Å²) in [6, 6.07) is 18.7. The molecule has 0 saturated carbocycles. The Bertz CT molecular complexity index is 1440. The van der Waals surface area contributed by atoms with Crippen LogP contribution < -0.4 is 4.74 Å². The van der Waals surface area contributed by atoms with E-state index in [2.05, 4.69) is 0 Å². The lowest BCUT2D eigenvalue weighted by Crippen LogP contribution is -2.27. The highest BCUT2D eigenvalue weighted by molar-refractivity contribution is 5.63. The van der Waals surface area contributed by atoms with Crippen LogP contribution in [0.4, 0.5) is 0 Å². The van der Waals surface area contributed by atoms with Gasteiger partial charge in [0.05, 0.1) is 0 Å². The van der Waals surface area contributed by atoms with E-state index in [0.29, 0.717) is 22.4 Å². The molecule has 0 fully saturated rings. The Kier molecular flexibility index (Phi) is 4.51. The van der Waals surface area contributed by atoms with Crippen LogP contribution in [0.15, 0.2) is 72.8 Å². The first-order valence-corrected chi connectivity index (χ1v) is 11.2. The van der Waals surface area contributed by atoms with Gasteiger partial charge in [-0.1, -0.05) is 18.2 Å². The van der Waals surface area contributed by atoms with E-state index < -0.39 is 12.0 Å². The molecule has 0 saturated heterocycles. The first-order valence-electron chi connectivity index (χ1n) is 11.2. The Morgan fingerprint density at radius 1 is 0.514 bits per heavy atom. The fourth-order valence-corrected chi connectivity index (χ4v) is 5.79. The maximum absolute atomic E-state index is 11.0. The minimum atomic E-state index is -0.578. The Morgan fingerprint density at radius 3 is 1.89 bits per heavy atom. The third-order valence-corrected chi connectivity index (χ3v) is 7.03. The molecule has 0 spiro atoms. The van der Waals surface area contributed by atoms with Gasteiger partial charge in [0.2, 0.25) is 0 Å². The maximum Gasteiger partial charge on any atom is 0.131 e. The largest absolute Gasteiger partial charge is 0.508 e. The van der Waals surface area contributed by atoms with Crippen LogP contribution in [0.3, 0.4) is 0 Å². The van der Waals surface area contributed by atoms with Gasteiger partial charge in [-0.15, -0.1) is 0 Å². The molecule has 7 nitrogen and oxygen atoms in total. The number of rotatable bonds is 2. The average Bonchev–Trinajstić information content (AvgIpc) is 3.14. The van der Waals surface area contributed by atoms with Crippen molar-refractivity contribution in [3.63, 3.8) is 0 Å². The minimum Gasteiger partial charge on any atom is -0.508 e. The zero-order valence-corrected chi connectivity index (χ0v) is 18.3. The molecule has 7 heteroatoms. The van der Waals surface area contributed by atoms with Gasteiger partial charge in [0, 0.05) is 41.5 Å². The van der Waals surface area contributed by atoms with E-state index in [9.17, 15) is 30.6 Å². The van der Waals surface area contributed by atoms with Gasteiger partial charge in [0.25, 0.3) is 0 Å². The highest BCUT2D eigenvalue weighted by Gasteiger charge is 2.52. The molecule has 1 aliphatic carbocycles. The smallest absolute Gasteiger partial charge is 0.131 e. The Labute approximate surface area is 200 Å². The number of aromatic hydroxyl groups is 6. The number of ether oxygens (including phenoxy) is 1. The second-order valence-corrected chi connectivity index (χ2v) is 9.13. The minimum absolute atomic E-state index is 0.0363. The van der Waals surface area contributed by atoms with Crippen molar-refractivity contribution in [3.05, 3.63) is 101 Å². The maximum atomic E-state index is 11.0. The lowest BCUT2D eigenvalue weighted by molar-refractivity contribution is 0.135. The predicted octanol–water partition coefficient (Wildman–Crippen LogP) is 5.07. The summed E-state index contributed by atoms with van der Waals surface area (Å²) in [6.07, 6.45) is -0.578. The number of phenolic OH excluding ortho intramolecular Hbond substituents is 6. The van der Waals surface area contributed by atoms with Crippen molar-refractivity contribution >= 4 is 0 Å². The van der Waals surface area contributed by atoms with Crippen LogP contribution in [0.2, 0.25) is 0 Å². The highest BCUT2D eigenvalue weighted by atomic mass is 16.5. The average molecular weight is 470 g/mol. The quantitative estimate of drug-likeness (QED) is 0.241. The molecular weight excluding hydrogens is 448 g/mol. The summed E-state index contributed by atoms with van der Waals surface area (Å²) >= 11 is 0. The topological polar surface area (TPSA) is 131 Å². The van der Waals surface area contributed by atoms with Gasteiger partial charge < -0.3 is 35.4 Å². The van der Waals surface area contributed by atoms with Crippen molar-refractivity contribution in [1.82, 2.24) is 0 Å². The molecule has 4 atom stereocenters. The fourth-order valence-electron chi connectivity index (χ4n) is 5.79. The van der Waals surface area contributed by atoms with E-state index >= 15 is 0 Å². The van der Waals surface area contributed by atoms with Crippen LogP contribution in [-0.4, -0.2) is 30.6 Å². The summed E-state index contributed by atoms with van der Waals surface area (Å²) in [6.45, 7) is 0. The Morgan fingerprint density at radius 2 is 1.17 bits per heavy atom. The van der Waals surface area contributed by atoms with E-state index in [1.54, 1.807) is 54.6 Å². The number of hydrogen-bond acceptors (Lipinski definition) is 7.